The number of hydrogen-bond donors (Lipinski definition) is 0. The second-order valence-corrected chi connectivity index (χ2v) is 1.98. The van der Waals surface area contributed by atoms with Crippen molar-refractivity contribution in [2.45, 2.75) is 12.8 Å². The van der Waals surface area contributed by atoms with E-state index in [1.165, 1.54) is 0 Å². The van der Waals surface area contributed by atoms with Crippen molar-refractivity contribution in [2.75, 3.05) is 6.61 Å². The molecule has 0 atom stereocenters. The summed E-state index contributed by atoms with van der Waals surface area (Å²) < 4.78 is 4.99. The molecule has 0 aromatic carbocycles. The first kappa shape index (κ1) is 9.68. The van der Waals surface area contributed by atoms with Gasteiger partial charge in [0.2, 0.25) is 0 Å². The Morgan fingerprint density at radius 3 is 2.70 bits per heavy atom. The predicted molar refractivity (Wildman–Crippen MR) is 32.4 cm³/mol. The SMILES string of the molecule is C=C([O-])C1=CCCCO1.[Li+]. The molecule has 1 rings (SSSR count). The van der Waals surface area contributed by atoms with Gasteiger partial charge in [-0.25, -0.2) is 0 Å². The van der Waals surface area contributed by atoms with E-state index in [0.717, 1.165) is 12.8 Å². The molecule has 0 aromatic rings. The quantitative estimate of drug-likeness (QED) is 0.293. The number of allylic oxidation sites excluding steroid dienone is 1. The fraction of sp³-hybridized carbons (Fsp3) is 0.429. The molecular formula is C7H9LiO2. The van der Waals surface area contributed by atoms with Gasteiger partial charge >= 0.3 is 18.9 Å². The minimum absolute atomic E-state index is 0. The van der Waals surface area contributed by atoms with E-state index in [2.05, 4.69) is 6.58 Å². The van der Waals surface area contributed by atoms with Crippen molar-refractivity contribution in [1.29, 1.82) is 0 Å². The zero-order valence-corrected chi connectivity index (χ0v) is 6.22. The first-order chi connectivity index (χ1) is 4.30. The average molecular weight is 132 g/mol. The van der Waals surface area contributed by atoms with Crippen LogP contribution in [-0.4, -0.2) is 6.61 Å². The second-order valence-electron chi connectivity index (χ2n) is 1.98. The summed E-state index contributed by atoms with van der Waals surface area (Å²) in [7, 11) is 0. The summed E-state index contributed by atoms with van der Waals surface area (Å²) in [5, 5.41) is 10.5. The zero-order chi connectivity index (χ0) is 6.69. The Kier molecular flexibility index (Phi) is 4.34. The molecule has 10 heavy (non-hydrogen) atoms. The molecule has 1 aliphatic rings. The van der Waals surface area contributed by atoms with Crippen molar-refractivity contribution >= 4 is 0 Å². The van der Waals surface area contributed by atoms with Gasteiger partial charge in [0.05, 0.1) is 6.61 Å². The van der Waals surface area contributed by atoms with Crippen LogP contribution in [0.2, 0.25) is 0 Å². The Hall–Kier alpha value is -0.323. The van der Waals surface area contributed by atoms with Crippen molar-refractivity contribution < 1.29 is 28.7 Å². The third kappa shape index (κ3) is 2.51. The van der Waals surface area contributed by atoms with Crippen LogP contribution in [0.4, 0.5) is 0 Å². The molecule has 0 fully saturated rings. The molecule has 0 saturated heterocycles. The first-order valence-electron chi connectivity index (χ1n) is 3.00. The van der Waals surface area contributed by atoms with Gasteiger partial charge in [-0.3, -0.25) is 0 Å². The van der Waals surface area contributed by atoms with Crippen LogP contribution in [-0.2, 0) is 4.74 Å². The maximum Gasteiger partial charge on any atom is 1.00 e. The maximum atomic E-state index is 10.5. The number of rotatable bonds is 1. The summed E-state index contributed by atoms with van der Waals surface area (Å²) in [6.07, 6.45) is 3.74. The van der Waals surface area contributed by atoms with Crippen LogP contribution < -0.4 is 24.0 Å². The minimum Gasteiger partial charge on any atom is -0.870 e. The Balaban J connectivity index is 0.000000810. The van der Waals surface area contributed by atoms with Gasteiger partial charge in [-0.05, 0) is 18.9 Å². The normalized spacial score (nSPS) is 16.2. The van der Waals surface area contributed by atoms with Crippen LogP contribution in [0.3, 0.4) is 0 Å². The maximum absolute atomic E-state index is 10.5. The van der Waals surface area contributed by atoms with E-state index in [9.17, 15) is 5.11 Å². The smallest absolute Gasteiger partial charge is 0.870 e. The third-order valence-electron chi connectivity index (χ3n) is 1.21. The second kappa shape index (κ2) is 4.49. The molecule has 0 aromatic heterocycles. The summed E-state index contributed by atoms with van der Waals surface area (Å²) in [6, 6.07) is 0. The summed E-state index contributed by atoms with van der Waals surface area (Å²) in [5.41, 5.74) is 0. The molecule has 1 aliphatic heterocycles. The Morgan fingerprint density at radius 1 is 1.70 bits per heavy atom. The van der Waals surface area contributed by atoms with E-state index in [0.29, 0.717) is 12.4 Å². The number of hydrogen-bond acceptors (Lipinski definition) is 2. The zero-order valence-electron chi connectivity index (χ0n) is 6.22. The van der Waals surface area contributed by atoms with Gasteiger partial charge in [0.15, 0.2) is 0 Å². The van der Waals surface area contributed by atoms with Crippen molar-refractivity contribution in [2.24, 2.45) is 0 Å². The van der Waals surface area contributed by atoms with E-state index in [-0.39, 0.29) is 24.6 Å². The molecule has 50 valence electrons. The van der Waals surface area contributed by atoms with Gasteiger partial charge in [-0.2, -0.15) is 0 Å². The molecule has 1 heterocycles. The van der Waals surface area contributed by atoms with E-state index >= 15 is 0 Å². The van der Waals surface area contributed by atoms with E-state index in [1.54, 1.807) is 6.08 Å². The van der Waals surface area contributed by atoms with E-state index in [4.69, 9.17) is 4.74 Å². The van der Waals surface area contributed by atoms with Crippen LogP contribution in [0.5, 0.6) is 0 Å². The molecule has 0 aliphatic carbocycles. The first-order valence-corrected chi connectivity index (χ1v) is 3.00. The van der Waals surface area contributed by atoms with Crippen LogP contribution in [0, 0.1) is 0 Å². The van der Waals surface area contributed by atoms with Gasteiger partial charge in [-0.15, -0.1) is 6.58 Å². The fourth-order valence-corrected chi connectivity index (χ4v) is 0.752. The van der Waals surface area contributed by atoms with E-state index in [1.807, 2.05) is 0 Å². The molecule has 0 amide bonds. The topological polar surface area (TPSA) is 32.3 Å². The van der Waals surface area contributed by atoms with Crippen molar-refractivity contribution in [3.8, 4) is 0 Å². The van der Waals surface area contributed by atoms with Gasteiger partial charge in [-0.1, -0.05) is 5.76 Å². The van der Waals surface area contributed by atoms with Crippen LogP contribution in [0.15, 0.2) is 24.2 Å². The molecular weight excluding hydrogens is 123 g/mol. The standard InChI is InChI=1S/C7H10O2.Li/c1-6(8)7-4-2-3-5-9-7;/h4,8H,1-3,5H2;/q;+1/p-1. The van der Waals surface area contributed by atoms with Gasteiger partial charge in [0.1, 0.15) is 5.76 Å². The summed E-state index contributed by atoms with van der Waals surface area (Å²) >= 11 is 0. The summed E-state index contributed by atoms with van der Waals surface area (Å²) in [6.45, 7) is 3.89. The van der Waals surface area contributed by atoms with Crippen molar-refractivity contribution in [1.82, 2.24) is 0 Å². The van der Waals surface area contributed by atoms with Gasteiger partial charge in [0, 0.05) is 0 Å². The fourth-order valence-electron chi connectivity index (χ4n) is 0.752. The minimum atomic E-state index is -0.213. The monoisotopic (exact) mass is 132 g/mol. The largest absolute Gasteiger partial charge is 1.00 e. The molecule has 0 unspecified atom stereocenters. The van der Waals surface area contributed by atoms with Crippen LogP contribution >= 0.6 is 0 Å². The Bertz CT molecular complexity index is 152. The van der Waals surface area contributed by atoms with Gasteiger partial charge < -0.3 is 9.84 Å². The molecule has 2 nitrogen and oxygen atoms in total. The summed E-state index contributed by atoms with van der Waals surface area (Å²) in [5.74, 6) is 0.218. The molecule has 0 saturated carbocycles. The van der Waals surface area contributed by atoms with Crippen LogP contribution in [0.25, 0.3) is 0 Å². The molecule has 0 bridgehead atoms. The average Bonchev–Trinajstić information content (AvgIpc) is 1.90. The molecule has 0 radical (unpaired) electrons. The van der Waals surface area contributed by atoms with Crippen molar-refractivity contribution in [3.63, 3.8) is 0 Å². The third-order valence-corrected chi connectivity index (χ3v) is 1.21. The Labute approximate surface area is 72.7 Å². The molecule has 0 N–H and O–H groups in total. The molecule has 3 heteroatoms. The van der Waals surface area contributed by atoms with Crippen LogP contribution in [0.1, 0.15) is 12.8 Å². The van der Waals surface area contributed by atoms with Gasteiger partial charge in [0.25, 0.3) is 0 Å². The van der Waals surface area contributed by atoms with E-state index < -0.39 is 0 Å². The predicted octanol–water partition coefficient (Wildman–Crippen LogP) is -2.44. The number of ether oxygens (including phenoxy) is 1. The summed E-state index contributed by atoms with van der Waals surface area (Å²) in [4.78, 5) is 0. The Morgan fingerprint density at radius 2 is 2.40 bits per heavy atom. The van der Waals surface area contributed by atoms with Crippen molar-refractivity contribution in [3.05, 3.63) is 24.2 Å². The molecule has 0 spiro atoms.